The van der Waals surface area contributed by atoms with E-state index in [0.717, 1.165) is 45.2 Å². The third-order valence-corrected chi connectivity index (χ3v) is 8.08. The maximum atomic E-state index is 10.7. The number of fused-ring (bicyclic) bond motifs is 1. The van der Waals surface area contributed by atoms with Crippen LogP contribution in [0.2, 0.25) is 25.7 Å². The van der Waals surface area contributed by atoms with Gasteiger partial charge in [-0.05, 0) is 41.4 Å². The first-order valence-corrected chi connectivity index (χ1v) is 16.3. The van der Waals surface area contributed by atoms with Crippen molar-refractivity contribution >= 4 is 19.1 Å². The third-order valence-electron chi connectivity index (χ3n) is 6.38. The lowest BCUT2D eigenvalue weighted by molar-refractivity contribution is 0.0814. The van der Waals surface area contributed by atoms with Gasteiger partial charge in [0.1, 0.15) is 24.4 Å². The van der Waals surface area contributed by atoms with Gasteiger partial charge in [0.2, 0.25) is 5.89 Å². The summed E-state index contributed by atoms with van der Waals surface area (Å²) in [7, 11) is 0.460. The summed E-state index contributed by atoms with van der Waals surface area (Å²) in [6.07, 6.45) is 3.84. The van der Waals surface area contributed by atoms with Crippen molar-refractivity contribution in [1.29, 1.82) is 0 Å². The van der Waals surface area contributed by atoms with Crippen molar-refractivity contribution in [3.8, 4) is 28.1 Å². The van der Waals surface area contributed by atoms with Gasteiger partial charge in [0, 0.05) is 37.4 Å². The average molecular weight is 529 g/mol. The van der Waals surface area contributed by atoms with E-state index in [1.165, 1.54) is 12.5 Å². The van der Waals surface area contributed by atoms with Crippen molar-refractivity contribution in [3.05, 3.63) is 84.7 Å². The molecule has 38 heavy (non-hydrogen) atoms. The number of pyridine rings is 1. The zero-order chi connectivity index (χ0) is 26.7. The van der Waals surface area contributed by atoms with Gasteiger partial charge in [0.25, 0.3) is 0 Å². The summed E-state index contributed by atoms with van der Waals surface area (Å²) in [6.45, 7) is 8.02. The number of aliphatic hydroxyl groups is 1. The molecule has 8 nitrogen and oxygen atoms in total. The molecule has 0 aliphatic heterocycles. The number of rotatable bonds is 10. The predicted octanol–water partition coefficient (Wildman–Crippen LogP) is 6.16. The van der Waals surface area contributed by atoms with Crippen LogP contribution in [0.4, 0.5) is 0 Å². The molecule has 3 aromatic heterocycles. The van der Waals surface area contributed by atoms with Crippen molar-refractivity contribution in [3.63, 3.8) is 0 Å². The maximum absolute atomic E-state index is 10.7. The maximum Gasteiger partial charge on any atom is 0.227 e. The van der Waals surface area contributed by atoms with Gasteiger partial charge in [-0.15, -0.1) is 0 Å². The van der Waals surface area contributed by atoms with Gasteiger partial charge in [0.05, 0.1) is 13.3 Å². The lowest BCUT2D eigenvalue weighted by Crippen LogP contribution is -2.22. The molecule has 5 rings (SSSR count). The topological polar surface area (TPSA) is 95.4 Å². The number of ether oxygens (including phenoxy) is 2. The molecule has 0 saturated carbocycles. The number of aliphatic hydroxyl groups excluding tert-OH is 1. The molecule has 0 saturated heterocycles. The normalized spacial score (nSPS) is 12.7. The number of oxazole rings is 1. The molecule has 0 bridgehead atoms. The Balaban J connectivity index is 1.54. The van der Waals surface area contributed by atoms with Crippen molar-refractivity contribution in [1.82, 2.24) is 19.7 Å². The van der Waals surface area contributed by atoms with Crippen LogP contribution in [0.5, 0.6) is 5.75 Å². The summed E-state index contributed by atoms with van der Waals surface area (Å²) in [4.78, 5) is 8.89. The molecule has 196 valence electrons. The van der Waals surface area contributed by atoms with Crippen LogP contribution in [-0.2, 0) is 11.5 Å². The minimum atomic E-state index is -1.20. The van der Waals surface area contributed by atoms with Crippen LogP contribution in [0, 0.1) is 0 Å². The monoisotopic (exact) mass is 528 g/mol. The second-order valence-electron chi connectivity index (χ2n) is 10.4. The fourth-order valence-corrected chi connectivity index (χ4v) is 5.03. The molecule has 0 amide bonds. The van der Waals surface area contributed by atoms with Crippen molar-refractivity contribution in [2.24, 2.45) is 0 Å². The van der Waals surface area contributed by atoms with E-state index in [1.807, 2.05) is 59.4 Å². The molecule has 1 N–H and O–H groups in total. The minimum Gasteiger partial charge on any atom is -0.496 e. The Hall–Kier alpha value is -3.79. The summed E-state index contributed by atoms with van der Waals surface area (Å²) in [6, 6.07) is 18.6. The van der Waals surface area contributed by atoms with Gasteiger partial charge in [-0.3, -0.25) is 0 Å². The second-order valence-corrected chi connectivity index (χ2v) is 16.0. The van der Waals surface area contributed by atoms with Gasteiger partial charge >= 0.3 is 0 Å². The molecule has 0 fully saturated rings. The van der Waals surface area contributed by atoms with E-state index in [0.29, 0.717) is 18.9 Å². The Morgan fingerprint density at radius 2 is 1.87 bits per heavy atom. The first kappa shape index (κ1) is 25.8. The second kappa shape index (κ2) is 10.9. The highest BCUT2D eigenvalue weighted by molar-refractivity contribution is 6.76. The molecule has 1 unspecified atom stereocenters. The molecule has 5 aromatic rings. The van der Waals surface area contributed by atoms with Crippen LogP contribution in [0.1, 0.15) is 17.6 Å². The summed E-state index contributed by atoms with van der Waals surface area (Å²) < 4.78 is 18.8. The van der Waals surface area contributed by atoms with Crippen LogP contribution < -0.4 is 4.74 Å². The number of aromatic nitrogens is 4. The van der Waals surface area contributed by atoms with E-state index in [4.69, 9.17) is 24.0 Å². The fraction of sp³-hybridized carbons (Fsp3) is 0.276. The van der Waals surface area contributed by atoms with E-state index in [2.05, 4.69) is 30.7 Å². The fourth-order valence-electron chi connectivity index (χ4n) is 4.28. The van der Waals surface area contributed by atoms with Crippen LogP contribution >= 0.6 is 0 Å². The Bertz CT molecular complexity index is 1530. The summed E-state index contributed by atoms with van der Waals surface area (Å²) in [5, 5.41) is 16.5. The quantitative estimate of drug-likeness (QED) is 0.171. The Labute approximate surface area is 222 Å². The van der Waals surface area contributed by atoms with E-state index in [9.17, 15) is 5.11 Å². The lowest BCUT2D eigenvalue weighted by atomic mass is 10.00. The molecule has 0 aliphatic rings. The average Bonchev–Trinajstić information content (AvgIpc) is 3.59. The first-order chi connectivity index (χ1) is 18.3. The molecule has 2 aromatic carbocycles. The Kier molecular flexibility index (Phi) is 7.41. The molecular weight excluding hydrogens is 496 g/mol. The van der Waals surface area contributed by atoms with Crippen LogP contribution in [0.25, 0.3) is 33.4 Å². The van der Waals surface area contributed by atoms with Gasteiger partial charge in [-0.25, -0.2) is 14.6 Å². The van der Waals surface area contributed by atoms with Gasteiger partial charge in [0.15, 0.2) is 11.8 Å². The minimum absolute atomic E-state index is 0.254. The van der Waals surface area contributed by atoms with E-state index in [-0.39, 0.29) is 5.89 Å². The molecule has 0 spiro atoms. The number of hydrogen-bond acceptors (Lipinski definition) is 7. The molecular formula is C29H32N4O4Si. The summed E-state index contributed by atoms with van der Waals surface area (Å²) in [5.41, 5.74) is 4.88. The van der Waals surface area contributed by atoms with Gasteiger partial charge in [-0.1, -0.05) is 50.0 Å². The Morgan fingerprint density at radius 3 is 2.63 bits per heavy atom. The standard InChI is InChI=1S/C29H32N4O4Si/c1-35-25-11-6-5-10-23(25)26-24-17-22(18-31-28(24)33(32-26)19-36-14-15-38(2,3)4)20-8-7-9-21(16-20)27(34)29-30-12-13-37-29/h5-13,16-18,27,34H,14-15,19H2,1-4H3. The van der Waals surface area contributed by atoms with Gasteiger partial charge < -0.3 is 19.0 Å². The number of hydrogen-bond donors (Lipinski definition) is 1. The molecule has 0 radical (unpaired) electrons. The van der Waals surface area contributed by atoms with E-state index >= 15 is 0 Å². The van der Waals surface area contributed by atoms with Crippen LogP contribution in [-0.4, -0.2) is 46.6 Å². The summed E-state index contributed by atoms with van der Waals surface area (Å²) >= 11 is 0. The largest absolute Gasteiger partial charge is 0.496 e. The molecule has 9 heteroatoms. The van der Waals surface area contributed by atoms with Crippen molar-refractivity contribution < 1.29 is 19.0 Å². The smallest absolute Gasteiger partial charge is 0.227 e. The van der Waals surface area contributed by atoms with Gasteiger partial charge in [-0.2, -0.15) is 5.10 Å². The summed E-state index contributed by atoms with van der Waals surface area (Å²) in [5.74, 6) is 0.991. The zero-order valence-electron chi connectivity index (χ0n) is 22.1. The molecule has 0 aliphatic carbocycles. The highest BCUT2D eigenvalue weighted by Crippen LogP contribution is 2.36. The Morgan fingerprint density at radius 1 is 1.03 bits per heavy atom. The lowest BCUT2D eigenvalue weighted by Gasteiger charge is -2.15. The van der Waals surface area contributed by atoms with E-state index < -0.39 is 14.2 Å². The van der Waals surface area contributed by atoms with Crippen molar-refractivity contribution in [2.45, 2.75) is 38.5 Å². The van der Waals surface area contributed by atoms with Crippen LogP contribution in [0.15, 0.2) is 77.7 Å². The molecule has 3 heterocycles. The number of methoxy groups -OCH3 is 1. The molecule has 1 atom stereocenters. The van der Waals surface area contributed by atoms with Crippen molar-refractivity contribution in [2.75, 3.05) is 13.7 Å². The zero-order valence-corrected chi connectivity index (χ0v) is 23.1. The first-order valence-electron chi connectivity index (χ1n) is 12.6. The third kappa shape index (κ3) is 5.55. The van der Waals surface area contributed by atoms with E-state index in [1.54, 1.807) is 7.11 Å². The highest BCUT2D eigenvalue weighted by atomic mass is 28.3. The number of benzene rings is 2. The predicted molar refractivity (Wildman–Crippen MR) is 150 cm³/mol. The SMILES string of the molecule is COc1ccccc1-c1nn(COCC[Si](C)(C)C)c2ncc(-c3cccc(C(O)c4ncco4)c3)cc12. The number of para-hydroxylation sites is 1. The number of nitrogens with zero attached hydrogens (tertiary/aromatic N) is 4. The van der Waals surface area contributed by atoms with Crippen LogP contribution in [0.3, 0.4) is 0 Å². The highest BCUT2D eigenvalue weighted by Gasteiger charge is 2.20.